The zero-order valence-corrected chi connectivity index (χ0v) is 16.3. The Labute approximate surface area is 165 Å². The lowest BCUT2D eigenvalue weighted by molar-refractivity contribution is 0.185. The molecule has 0 N–H and O–H groups in total. The summed E-state index contributed by atoms with van der Waals surface area (Å²) in [5.74, 6) is 0. The van der Waals surface area contributed by atoms with E-state index in [1.165, 1.54) is 11.1 Å². The third-order valence-electron chi connectivity index (χ3n) is 5.12. The van der Waals surface area contributed by atoms with Gasteiger partial charge in [0.2, 0.25) is 0 Å². The third-order valence-corrected chi connectivity index (χ3v) is 5.47. The number of ether oxygens (including phenoxy) is 1. The Balaban J connectivity index is 1.37. The quantitative estimate of drug-likeness (QED) is 0.656. The molecule has 1 aromatic heterocycles. The van der Waals surface area contributed by atoms with Crippen molar-refractivity contribution in [3.8, 4) is 0 Å². The first-order valence-electron chi connectivity index (χ1n) is 9.32. The first-order valence-corrected chi connectivity index (χ1v) is 9.70. The van der Waals surface area contributed by atoms with E-state index in [1.807, 2.05) is 6.07 Å². The number of halogens is 1. The molecule has 5 heteroatoms. The van der Waals surface area contributed by atoms with E-state index in [0.717, 1.165) is 54.5 Å². The summed E-state index contributed by atoms with van der Waals surface area (Å²) in [5.41, 5.74) is 4.42. The lowest BCUT2D eigenvalue weighted by Crippen LogP contribution is -2.46. The van der Waals surface area contributed by atoms with Crippen LogP contribution in [0.2, 0.25) is 5.02 Å². The molecule has 0 saturated carbocycles. The zero-order chi connectivity index (χ0) is 18.6. The maximum atomic E-state index is 6.39. The van der Waals surface area contributed by atoms with Crippen LogP contribution >= 0.6 is 11.6 Å². The number of anilines is 1. The molecule has 0 aliphatic carbocycles. The number of piperazine rings is 1. The van der Waals surface area contributed by atoms with Gasteiger partial charge >= 0.3 is 0 Å². The van der Waals surface area contributed by atoms with E-state index in [0.29, 0.717) is 6.61 Å². The first kappa shape index (κ1) is 18.2. The van der Waals surface area contributed by atoms with Crippen molar-refractivity contribution in [1.29, 1.82) is 0 Å². The lowest BCUT2D eigenvalue weighted by Gasteiger charge is -2.36. The van der Waals surface area contributed by atoms with Crippen LogP contribution in [0, 0.1) is 0 Å². The number of rotatable bonds is 5. The summed E-state index contributed by atoms with van der Waals surface area (Å²) in [6.07, 6.45) is 0. The summed E-state index contributed by atoms with van der Waals surface area (Å²) < 4.78 is 5.18. The van der Waals surface area contributed by atoms with Crippen molar-refractivity contribution in [2.75, 3.05) is 38.2 Å². The Morgan fingerprint density at radius 3 is 2.59 bits per heavy atom. The summed E-state index contributed by atoms with van der Waals surface area (Å²) in [6.45, 7) is 5.47. The van der Waals surface area contributed by atoms with Crippen LogP contribution in [-0.4, -0.2) is 43.2 Å². The van der Waals surface area contributed by atoms with Crippen LogP contribution < -0.4 is 4.90 Å². The number of fused-ring (bicyclic) bond motifs is 1. The van der Waals surface area contributed by atoms with Crippen molar-refractivity contribution >= 4 is 28.2 Å². The van der Waals surface area contributed by atoms with E-state index in [1.54, 1.807) is 7.11 Å². The van der Waals surface area contributed by atoms with E-state index in [9.17, 15) is 0 Å². The van der Waals surface area contributed by atoms with Crippen LogP contribution in [0.25, 0.3) is 10.9 Å². The van der Waals surface area contributed by atoms with Crippen LogP contribution in [0.4, 0.5) is 5.69 Å². The fourth-order valence-corrected chi connectivity index (χ4v) is 3.82. The number of hydrogen-bond donors (Lipinski definition) is 0. The van der Waals surface area contributed by atoms with Gasteiger partial charge in [-0.1, -0.05) is 41.9 Å². The number of nitrogens with zero attached hydrogens (tertiary/aromatic N) is 3. The molecule has 1 saturated heterocycles. The van der Waals surface area contributed by atoms with Crippen LogP contribution in [0.3, 0.4) is 0 Å². The monoisotopic (exact) mass is 381 g/mol. The van der Waals surface area contributed by atoms with Gasteiger partial charge in [-0.25, -0.2) is 0 Å². The molecule has 1 aliphatic heterocycles. The van der Waals surface area contributed by atoms with Gasteiger partial charge in [0.05, 0.1) is 17.8 Å². The Morgan fingerprint density at radius 1 is 1.00 bits per heavy atom. The fourth-order valence-electron chi connectivity index (χ4n) is 3.60. The lowest BCUT2D eigenvalue weighted by atomic mass is 10.1. The molecule has 0 spiro atoms. The van der Waals surface area contributed by atoms with Crippen LogP contribution in [0.15, 0.2) is 54.6 Å². The summed E-state index contributed by atoms with van der Waals surface area (Å²) in [5, 5.41) is 1.97. The van der Waals surface area contributed by atoms with Crippen LogP contribution in [-0.2, 0) is 17.9 Å². The average molecular weight is 382 g/mol. The molecule has 0 unspecified atom stereocenters. The first-order chi connectivity index (χ1) is 13.2. The van der Waals surface area contributed by atoms with Crippen molar-refractivity contribution in [3.63, 3.8) is 0 Å². The molecule has 4 nitrogen and oxygen atoms in total. The maximum absolute atomic E-state index is 6.39. The third kappa shape index (κ3) is 4.24. The molecule has 0 atom stereocenters. The minimum absolute atomic E-state index is 0.547. The molecule has 0 bridgehead atoms. The number of aromatic nitrogens is 1. The molecule has 140 valence electrons. The average Bonchev–Trinajstić information content (AvgIpc) is 2.70. The molecular weight excluding hydrogens is 358 g/mol. The minimum Gasteiger partial charge on any atom is -0.380 e. The molecule has 1 fully saturated rings. The SMILES string of the molecule is COCc1ccc(N2CCN(Cc3ccc4ccccc4n3)CC2)cc1Cl. The second-order valence-corrected chi connectivity index (χ2v) is 7.37. The van der Waals surface area contributed by atoms with Crippen LogP contribution in [0.1, 0.15) is 11.3 Å². The number of para-hydroxylation sites is 1. The van der Waals surface area contributed by atoms with E-state index >= 15 is 0 Å². The van der Waals surface area contributed by atoms with Gasteiger partial charge in [0, 0.05) is 55.9 Å². The molecule has 1 aliphatic rings. The van der Waals surface area contributed by atoms with Crippen molar-refractivity contribution in [1.82, 2.24) is 9.88 Å². The minimum atomic E-state index is 0.547. The van der Waals surface area contributed by atoms with Gasteiger partial charge in [-0.15, -0.1) is 0 Å². The maximum Gasteiger partial charge on any atom is 0.0727 e. The smallest absolute Gasteiger partial charge is 0.0727 e. The van der Waals surface area contributed by atoms with Gasteiger partial charge in [0.1, 0.15) is 0 Å². The molecule has 2 aromatic carbocycles. The fraction of sp³-hybridized carbons (Fsp3) is 0.318. The van der Waals surface area contributed by atoms with Gasteiger partial charge in [0.25, 0.3) is 0 Å². The molecule has 2 heterocycles. The Hall–Kier alpha value is -2.14. The highest BCUT2D eigenvalue weighted by Gasteiger charge is 2.18. The largest absolute Gasteiger partial charge is 0.380 e. The Morgan fingerprint density at radius 2 is 1.81 bits per heavy atom. The van der Waals surface area contributed by atoms with Gasteiger partial charge < -0.3 is 9.64 Å². The van der Waals surface area contributed by atoms with Gasteiger partial charge in [-0.2, -0.15) is 0 Å². The van der Waals surface area contributed by atoms with E-state index in [-0.39, 0.29) is 0 Å². The predicted molar refractivity (Wildman–Crippen MR) is 111 cm³/mol. The molecule has 4 rings (SSSR count). The zero-order valence-electron chi connectivity index (χ0n) is 15.6. The molecular formula is C22H24ClN3O. The van der Waals surface area contributed by atoms with E-state index < -0.39 is 0 Å². The van der Waals surface area contributed by atoms with Crippen molar-refractivity contribution in [2.24, 2.45) is 0 Å². The highest BCUT2D eigenvalue weighted by Crippen LogP contribution is 2.25. The predicted octanol–water partition coefficient (Wildman–Crippen LogP) is 4.36. The van der Waals surface area contributed by atoms with E-state index in [2.05, 4.69) is 58.3 Å². The Kier molecular flexibility index (Phi) is 5.58. The normalized spacial score (nSPS) is 15.4. The number of methoxy groups -OCH3 is 1. The molecule has 0 amide bonds. The summed E-state index contributed by atoms with van der Waals surface area (Å²) in [7, 11) is 1.69. The highest BCUT2D eigenvalue weighted by molar-refractivity contribution is 6.31. The van der Waals surface area contributed by atoms with Crippen molar-refractivity contribution in [2.45, 2.75) is 13.2 Å². The number of pyridine rings is 1. The van der Waals surface area contributed by atoms with Crippen molar-refractivity contribution < 1.29 is 4.74 Å². The summed E-state index contributed by atoms with van der Waals surface area (Å²) in [4.78, 5) is 9.66. The summed E-state index contributed by atoms with van der Waals surface area (Å²) in [6, 6.07) is 18.8. The summed E-state index contributed by atoms with van der Waals surface area (Å²) >= 11 is 6.39. The highest BCUT2D eigenvalue weighted by atomic mass is 35.5. The van der Waals surface area contributed by atoms with E-state index in [4.69, 9.17) is 21.3 Å². The van der Waals surface area contributed by atoms with Gasteiger partial charge in [-0.05, 0) is 29.8 Å². The Bertz CT molecular complexity index is 922. The molecule has 3 aromatic rings. The second kappa shape index (κ2) is 8.26. The number of benzene rings is 2. The molecule has 27 heavy (non-hydrogen) atoms. The number of hydrogen-bond acceptors (Lipinski definition) is 4. The standard InChI is InChI=1S/C22H24ClN3O/c1-27-16-18-7-9-20(14-21(18)23)26-12-10-25(11-13-26)15-19-8-6-17-4-2-3-5-22(17)24-19/h2-9,14H,10-13,15-16H2,1H3. The molecule has 0 radical (unpaired) electrons. The van der Waals surface area contributed by atoms with Crippen LogP contribution in [0.5, 0.6) is 0 Å². The topological polar surface area (TPSA) is 28.6 Å². The van der Waals surface area contributed by atoms with Gasteiger partial charge in [0.15, 0.2) is 0 Å². The second-order valence-electron chi connectivity index (χ2n) is 6.97. The van der Waals surface area contributed by atoms with Gasteiger partial charge in [-0.3, -0.25) is 9.88 Å². The van der Waals surface area contributed by atoms with Crippen molar-refractivity contribution in [3.05, 3.63) is 70.9 Å².